The quantitative estimate of drug-likeness (QED) is 0.473. The highest BCUT2D eigenvalue weighted by Gasteiger charge is 2.30. The Morgan fingerprint density at radius 2 is 2.11 bits per heavy atom. The predicted octanol–water partition coefficient (Wildman–Crippen LogP) is -0.0468. The number of sulfonamides is 1. The number of nitrogens with one attached hydrogen (secondary N) is 1. The summed E-state index contributed by atoms with van der Waals surface area (Å²) in [5.74, 6) is -0.208. The number of nitrogens with zero attached hydrogens (tertiary/aromatic N) is 1. The summed E-state index contributed by atoms with van der Waals surface area (Å²) in [7, 11) is -3.12. The van der Waals surface area contributed by atoms with Crippen LogP contribution in [0.25, 0.3) is 0 Å². The van der Waals surface area contributed by atoms with Gasteiger partial charge in [-0.1, -0.05) is 0 Å². The summed E-state index contributed by atoms with van der Waals surface area (Å²) in [4.78, 5) is 13.5. The zero-order valence-electron chi connectivity index (χ0n) is 11.0. The molecule has 0 radical (unpaired) electrons. The first-order valence-corrected chi connectivity index (χ1v) is 8.16. The summed E-state index contributed by atoms with van der Waals surface area (Å²) in [6.45, 7) is 3.61. The Kier molecular flexibility index (Phi) is 6.04. The van der Waals surface area contributed by atoms with Crippen molar-refractivity contribution in [3.05, 3.63) is 0 Å². The van der Waals surface area contributed by atoms with Crippen molar-refractivity contribution >= 4 is 16.0 Å². The van der Waals surface area contributed by atoms with Gasteiger partial charge in [-0.2, -0.15) is 0 Å². The molecule has 1 aliphatic rings. The fourth-order valence-corrected chi connectivity index (χ4v) is 2.26. The van der Waals surface area contributed by atoms with Gasteiger partial charge in [-0.05, 0) is 26.2 Å². The smallest absolute Gasteiger partial charge is 0.320 e. The van der Waals surface area contributed by atoms with Gasteiger partial charge in [-0.25, -0.2) is 13.1 Å². The molecule has 0 atom stereocenters. The summed E-state index contributed by atoms with van der Waals surface area (Å²) in [5.41, 5.74) is 0. The van der Waals surface area contributed by atoms with E-state index in [1.54, 1.807) is 6.92 Å². The standard InChI is InChI=1S/C11H22N2O4S/c1-3-17-11(14)9-13(10-5-6-10)8-4-7-12-18(2,15)16/h10,12H,3-9H2,1-2H3. The minimum atomic E-state index is -3.12. The summed E-state index contributed by atoms with van der Waals surface area (Å²) in [6, 6.07) is 0.465. The third kappa shape index (κ3) is 6.93. The molecule has 1 rings (SSSR count). The van der Waals surface area contributed by atoms with E-state index in [1.807, 2.05) is 0 Å². The molecule has 1 aliphatic carbocycles. The van der Waals surface area contributed by atoms with Crippen molar-refractivity contribution in [3.63, 3.8) is 0 Å². The predicted molar refractivity (Wildman–Crippen MR) is 68.7 cm³/mol. The summed E-state index contributed by atoms with van der Waals surface area (Å²) >= 11 is 0. The third-order valence-corrected chi connectivity index (χ3v) is 3.42. The summed E-state index contributed by atoms with van der Waals surface area (Å²) in [6.07, 6.45) is 4.06. The molecular weight excluding hydrogens is 256 g/mol. The van der Waals surface area contributed by atoms with Gasteiger partial charge >= 0.3 is 5.97 Å². The lowest BCUT2D eigenvalue weighted by molar-refractivity contribution is -0.144. The zero-order valence-corrected chi connectivity index (χ0v) is 11.8. The van der Waals surface area contributed by atoms with E-state index in [1.165, 1.54) is 0 Å². The number of esters is 1. The Bertz CT molecular complexity index is 365. The highest BCUT2D eigenvalue weighted by Crippen LogP contribution is 2.26. The average molecular weight is 278 g/mol. The molecule has 0 heterocycles. The van der Waals surface area contributed by atoms with Crippen LogP contribution in [0.1, 0.15) is 26.2 Å². The number of carbonyl (C=O) groups is 1. The van der Waals surface area contributed by atoms with Gasteiger partial charge in [0.25, 0.3) is 0 Å². The van der Waals surface area contributed by atoms with Crippen LogP contribution in [0.5, 0.6) is 0 Å². The molecule has 0 bridgehead atoms. The Morgan fingerprint density at radius 1 is 1.44 bits per heavy atom. The van der Waals surface area contributed by atoms with E-state index in [9.17, 15) is 13.2 Å². The molecule has 106 valence electrons. The van der Waals surface area contributed by atoms with Crippen molar-refractivity contribution in [1.82, 2.24) is 9.62 Å². The maximum atomic E-state index is 11.4. The number of hydrogen-bond acceptors (Lipinski definition) is 5. The van der Waals surface area contributed by atoms with E-state index in [0.29, 0.717) is 38.7 Å². The van der Waals surface area contributed by atoms with E-state index >= 15 is 0 Å². The van der Waals surface area contributed by atoms with Gasteiger partial charge in [0, 0.05) is 19.1 Å². The van der Waals surface area contributed by atoms with Gasteiger partial charge < -0.3 is 4.74 Å². The van der Waals surface area contributed by atoms with Crippen LogP contribution < -0.4 is 4.72 Å². The minimum Gasteiger partial charge on any atom is -0.465 e. The molecule has 1 fully saturated rings. The Balaban J connectivity index is 2.24. The monoisotopic (exact) mass is 278 g/mol. The van der Waals surface area contributed by atoms with E-state index < -0.39 is 10.0 Å². The van der Waals surface area contributed by atoms with Crippen LogP contribution in [0.15, 0.2) is 0 Å². The second kappa shape index (κ2) is 7.06. The fraction of sp³-hybridized carbons (Fsp3) is 0.909. The first-order chi connectivity index (χ1) is 8.42. The van der Waals surface area contributed by atoms with E-state index in [2.05, 4.69) is 9.62 Å². The minimum absolute atomic E-state index is 0.208. The molecule has 0 aliphatic heterocycles. The molecule has 0 unspecified atom stereocenters. The maximum Gasteiger partial charge on any atom is 0.320 e. The highest BCUT2D eigenvalue weighted by molar-refractivity contribution is 7.88. The third-order valence-electron chi connectivity index (χ3n) is 2.69. The number of rotatable bonds is 9. The van der Waals surface area contributed by atoms with Crippen molar-refractivity contribution in [2.75, 3.05) is 32.5 Å². The largest absolute Gasteiger partial charge is 0.465 e. The molecule has 0 saturated heterocycles. The second-order valence-electron chi connectivity index (χ2n) is 4.53. The first kappa shape index (κ1) is 15.4. The molecule has 0 aromatic heterocycles. The second-order valence-corrected chi connectivity index (χ2v) is 6.36. The van der Waals surface area contributed by atoms with E-state index in [4.69, 9.17) is 4.74 Å². The Labute approximate surface area is 109 Å². The molecule has 1 saturated carbocycles. The number of carbonyl (C=O) groups excluding carboxylic acids is 1. The maximum absolute atomic E-state index is 11.4. The molecule has 7 heteroatoms. The van der Waals surface area contributed by atoms with Gasteiger partial charge in [0.15, 0.2) is 0 Å². The molecule has 18 heavy (non-hydrogen) atoms. The van der Waals surface area contributed by atoms with Gasteiger partial charge in [0.1, 0.15) is 0 Å². The summed E-state index contributed by atoms with van der Waals surface area (Å²) < 4.78 is 29.1. The lowest BCUT2D eigenvalue weighted by Crippen LogP contribution is -2.35. The van der Waals surface area contributed by atoms with Crippen molar-refractivity contribution < 1.29 is 17.9 Å². The molecule has 6 nitrogen and oxygen atoms in total. The van der Waals surface area contributed by atoms with Gasteiger partial charge in [0.05, 0.1) is 19.4 Å². The normalized spacial score (nSPS) is 15.9. The van der Waals surface area contributed by atoms with Crippen molar-refractivity contribution in [2.45, 2.75) is 32.2 Å². The van der Waals surface area contributed by atoms with Crippen LogP contribution >= 0.6 is 0 Å². The lowest BCUT2D eigenvalue weighted by Gasteiger charge is -2.20. The molecule has 1 N–H and O–H groups in total. The molecule has 0 spiro atoms. The van der Waals surface area contributed by atoms with Crippen LogP contribution in [0, 0.1) is 0 Å². The SMILES string of the molecule is CCOC(=O)CN(CCCNS(C)(=O)=O)C1CC1. The van der Waals surface area contributed by atoms with Crippen LogP contribution in [0.3, 0.4) is 0 Å². The van der Waals surface area contributed by atoms with Crippen molar-refractivity contribution in [1.29, 1.82) is 0 Å². The van der Waals surface area contributed by atoms with E-state index in [-0.39, 0.29) is 5.97 Å². The van der Waals surface area contributed by atoms with Gasteiger partial charge in [-0.3, -0.25) is 9.69 Å². The highest BCUT2D eigenvalue weighted by atomic mass is 32.2. The van der Waals surface area contributed by atoms with Crippen molar-refractivity contribution in [3.8, 4) is 0 Å². The first-order valence-electron chi connectivity index (χ1n) is 6.26. The van der Waals surface area contributed by atoms with Gasteiger partial charge in [0.2, 0.25) is 10.0 Å². The number of hydrogen-bond donors (Lipinski definition) is 1. The molecule has 0 aromatic rings. The van der Waals surface area contributed by atoms with Crippen LogP contribution in [-0.4, -0.2) is 57.8 Å². The number of ether oxygens (including phenoxy) is 1. The topological polar surface area (TPSA) is 75.7 Å². The van der Waals surface area contributed by atoms with Crippen LogP contribution in [-0.2, 0) is 19.6 Å². The Hall–Kier alpha value is -0.660. The molecular formula is C11H22N2O4S. The summed E-state index contributed by atoms with van der Waals surface area (Å²) in [5, 5.41) is 0. The molecule has 0 aromatic carbocycles. The average Bonchev–Trinajstić information content (AvgIpc) is 3.05. The zero-order chi connectivity index (χ0) is 13.6. The molecule has 0 amide bonds. The van der Waals surface area contributed by atoms with Crippen LogP contribution in [0.4, 0.5) is 0 Å². The van der Waals surface area contributed by atoms with Crippen molar-refractivity contribution in [2.24, 2.45) is 0 Å². The lowest BCUT2D eigenvalue weighted by atomic mass is 10.3. The Morgan fingerprint density at radius 3 is 2.61 bits per heavy atom. The van der Waals surface area contributed by atoms with Crippen LogP contribution in [0.2, 0.25) is 0 Å². The van der Waals surface area contributed by atoms with Gasteiger partial charge in [-0.15, -0.1) is 0 Å². The fourth-order valence-electron chi connectivity index (χ4n) is 1.74. The van der Waals surface area contributed by atoms with E-state index in [0.717, 1.165) is 19.1 Å².